The van der Waals surface area contributed by atoms with Crippen LogP contribution in [0.25, 0.3) is 0 Å². The lowest BCUT2D eigenvalue weighted by Crippen LogP contribution is -2.50. The molecule has 1 aromatic carbocycles. The van der Waals surface area contributed by atoms with Gasteiger partial charge in [-0.25, -0.2) is 0 Å². The van der Waals surface area contributed by atoms with E-state index in [2.05, 4.69) is 43.0 Å². The Morgan fingerprint density at radius 3 is 2.55 bits per heavy atom. The number of nitrogens with zero attached hydrogens (tertiary/aromatic N) is 1. The normalized spacial score (nSPS) is 23.5. The van der Waals surface area contributed by atoms with Crippen LogP contribution in [0, 0.1) is 0 Å². The molecule has 1 heterocycles. The molecular formula is C17H28N2O. The Labute approximate surface area is 123 Å². The van der Waals surface area contributed by atoms with Gasteiger partial charge in [0.2, 0.25) is 0 Å². The summed E-state index contributed by atoms with van der Waals surface area (Å²) in [5.74, 6) is 0. The van der Waals surface area contributed by atoms with Crippen LogP contribution in [-0.2, 0) is 11.2 Å². The zero-order valence-corrected chi connectivity index (χ0v) is 13.0. The van der Waals surface area contributed by atoms with Gasteiger partial charge in [-0.1, -0.05) is 38.1 Å². The molecule has 2 rings (SSSR count). The minimum Gasteiger partial charge on any atom is -0.374 e. The first kappa shape index (κ1) is 15.5. The highest BCUT2D eigenvalue weighted by Gasteiger charge is 2.28. The molecule has 3 nitrogen and oxygen atoms in total. The third-order valence-corrected chi connectivity index (χ3v) is 4.31. The predicted molar refractivity (Wildman–Crippen MR) is 83.8 cm³/mol. The van der Waals surface area contributed by atoms with E-state index in [1.807, 2.05) is 6.92 Å². The summed E-state index contributed by atoms with van der Waals surface area (Å²) in [5.41, 5.74) is 8.81. The molecule has 0 aromatic heterocycles. The molecule has 1 aromatic rings. The van der Waals surface area contributed by atoms with Crippen molar-refractivity contribution in [2.45, 2.75) is 51.8 Å². The number of aryl methyl sites for hydroxylation is 1. The van der Waals surface area contributed by atoms with Gasteiger partial charge in [0.15, 0.2) is 0 Å². The van der Waals surface area contributed by atoms with Gasteiger partial charge in [-0.15, -0.1) is 0 Å². The van der Waals surface area contributed by atoms with Crippen LogP contribution >= 0.6 is 0 Å². The zero-order chi connectivity index (χ0) is 14.5. The Hall–Kier alpha value is -0.900. The van der Waals surface area contributed by atoms with Gasteiger partial charge >= 0.3 is 0 Å². The quantitative estimate of drug-likeness (QED) is 0.898. The Bertz CT molecular complexity index is 402. The van der Waals surface area contributed by atoms with E-state index in [0.717, 1.165) is 32.5 Å². The maximum absolute atomic E-state index is 6.00. The number of rotatable bonds is 5. The van der Waals surface area contributed by atoms with Crippen molar-refractivity contribution < 1.29 is 4.74 Å². The van der Waals surface area contributed by atoms with Gasteiger partial charge in [-0.2, -0.15) is 0 Å². The van der Waals surface area contributed by atoms with Gasteiger partial charge in [0.05, 0.1) is 12.7 Å². The first-order valence-corrected chi connectivity index (χ1v) is 7.85. The largest absolute Gasteiger partial charge is 0.374 e. The second-order valence-electron chi connectivity index (χ2n) is 5.78. The first-order chi connectivity index (χ1) is 9.65. The summed E-state index contributed by atoms with van der Waals surface area (Å²) in [6, 6.07) is 9.64. The van der Waals surface area contributed by atoms with Crippen molar-refractivity contribution in [3.8, 4) is 0 Å². The number of hydrogen-bond acceptors (Lipinski definition) is 3. The molecule has 3 atom stereocenters. The van der Waals surface area contributed by atoms with Crippen molar-refractivity contribution >= 4 is 0 Å². The van der Waals surface area contributed by atoms with Crippen LogP contribution < -0.4 is 5.73 Å². The molecule has 3 heteroatoms. The molecule has 1 saturated heterocycles. The molecule has 0 spiro atoms. The van der Waals surface area contributed by atoms with E-state index >= 15 is 0 Å². The van der Waals surface area contributed by atoms with E-state index in [-0.39, 0.29) is 12.1 Å². The van der Waals surface area contributed by atoms with E-state index in [9.17, 15) is 0 Å². The molecule has 1 aliphatic heterocycles. The summed E-state index contributed by atoms with van der Waals surface area (Å²) in [6.07, 6.45) is 2.38. The van der Waals surface area contributed by atoms with Crippen LogP contribution in [0.1, 0.15) is 44.4 Å². The number of nitrogens with two attached hydrogens (primary N) is 1. The maximum Gasteiger partial charge on any atom is 0.0850 e. The average molecular weight is 276 g/mol. The molecular weight excluding hydrogens is 248 g/mol. The highest BCUT2D eigenvalue weighted by atomic mass is 16.5. The number of morpholine rings is 1. The van der Waals surface area contributed by atoms with Crippen LogP contribution in [-0.4, -0.2) is 36.7 Å². The van der Waals surface area contributed by atoms with Crippen molar-refractivity contribution in [2.24, 2.45) is 5.73 Å². The van der Waals surface area contributed by atoms with Crippen LogP contribution in [0.3, 0.4) is 0 Å². The summed E-state index contributed by atoms with van der Waals surface area (Å²) < 4.78 is 5.77. The van der Waals surface area contributed by atoms with E-state index in [0.29, 0.717) is 6.04 Å². The lowest BCUT2D eigenvalue weighted by molar-refractivity contribution is -0.0526. The Balaban J connectivity index is 2.10. The molecule has 112 valence electrons. The molecule has 0 radical (unpaired) electrons. The lowest BCUT2D eigenvalue weighted by Gasteiger charge is -2.39. The van der Waals surface area contributed by atoms with Crippen LogP contribution in [0.15, 0.2) is 24.3 Å². The molecule has 0 amide bonds. The number of ether oxygens (including phenoxy) is 1. The van der Waals surface area contributed by atoms with E-state index in [1.165, 1.54) is 11.1 Å². The summed E-state index contributed by atoms with van der Waals surface area (Å²) >= 11 is 0. The fourth-order valence-electron chi connectivity index (χ4n) is 2.98. The number of hydrogen-bond donors (Lipinski definition) is 1. The average Bonchev–Trinajstić information content (AvgIpc) is 2.49. The molecule has 0 saturated carbocycles. The van der Waals surface area contributed by atoms with Gasteiger partial charge in [0.25, 0.3) is 0 Å². The minimum absolute atomic E-state index is 0.0952. The van der Waals surface area contributed by atoms with Crippen molar-refractivity contribution in [3.05, 3.63) is 35.4 Å². The smallest absolute Gasteiger partial charge is 0.0850 e. The van der Waals surface area contributed by atoms with Gasteiger partial charge in [-0.05, 0) is 30.9 Å². The van der Waals surface area contributed by atoms with E-state index in [4.69, 9.17) is 10.5 Å². The highest BCUT2D eigenvalue weighted by Crippen LogP contribution is 2.27. The monoisotopic (exact) mass is 276 g/mol. The van der Waals surface area contributed by atoms with Gasteiger partial charge in [0, 0.05) is 25.2 Å². The summed E-state index contributed by atoms with van der Waals surface area (Å²) in [6.45, 7) is 9.21. The summed E-state index contributed by atoms with van der Waals surface area (Å²) in [5, 5.41) is 0. The second-order valence-corrected chi connectivity index (χ2v) is 5.78. The summed E-state index contributed by atoms with van der Waals surface area (Å²) in [7, 11) is 0. The Morgan fingerprint density at radius 1 is 1.30 bits per heavy atom. The molecule has 1 aliphatic rings. The summed E-state index contributed by atoms with van der Waals surface area (Å²) in [4.78, 5) is 2.53. The zero-order valence-electron chi connectivity index (χ0n) is 13.0. The minimum atomic E-state index is 0.0952. The first-order valence-electron chi connectivity index (χ1n) is 7.85. The van der Waals surface area contributed by atoms with E-state index in [1.54, 1.807) is 0 Å². The third-order valence-electron chi connectivity index (χ3n) is 4.31. The van der Waals surface area contributed by atoms with Crippen molar-refractivity contribution in [3.63, 3.8) is 0 Å². The fraction of sp³-hybridized carbons (Fsp3) is 0.647. The standard InChI is InChI=1S/C17H28N2O/c1-4-14-6-8-15(9-7-14)16(5-2)19-10-11-20-17(12-19)13(3)18/h6-9,13,16-17H,4-5,10-12,18H2,1-3H3. The van der Waals surface area contributed by atoms with Crippen LogP contribution in [0.2, 0.25) is 0 Å². The van der Waals surface area contributed by atoms with Gasteiger partial charge in [0.1, 0.15) is 0 Å². The number of benzene rings is 1. The lowest BCUT2D eigenvalue weighted by atomic mass is 9.99. The van der Waals surface area contributed by atoms with Crippen molar-refractivity contribution in [1.82, 2.24) is 4.90 Å². The molecule has 20 heavy (non-hydrogen) atoms. The fourth-order valence-corrected chi connectivity index (χ4v) is 2.98. The Morgan fingerprint density at radius 2 is 2.00 bits per heavy atom. The molecule has 1 fully saturated rings. The van der Waals surface area contributed by atoms with Gasteiger partial charge in [-0.3, -0.25) is 4.90 Å². The van der Waals surface area contributed by atoms with Crippen molar-refractivity contribution in [2.75, 3.05) is 19.7 Å². The van der Waals surface area contributed by atoms with E-state index < -0.39 is 0 Å². The molecule has 0 bridgehead atoms. The van der Waals surface area contributed by atoms with Gasteiger partial charge < -0.3 is 10.5 Å². The molecule has 0 aliphatic carbocycles. The third kappa shape index (κ3) is 3.60. The van der Waals surface area contributed by atoms with Crippen molar-refractivity contribution in [1.29, 1.82) is 0 Å². The second kappa shape index (κ2) is 7.21. The predicted octanol–water partition coefficient (Wildman–Crippen LogP) is 2.75. The van der Waals surface area contributed by atoms with Crippen LogP contribution in [0.4, 0.5) is 0 Å². The molecule has 3 unspecified atom stereocenters. The Kier molecular flexibility index (Phi) is 5.58. The highest BCUT2D eigenvalue weighted by molar-refractivity contribution is 5.25. The molecule has 2 N–H and O–H groups in total. The SMILES string of the molecule is CCc1ccc(C(CC)N2CCOC(C(C)N)C2)cc1. The topological polar surface area (TPSA) is 38.5 Å². The van der Waals surface area contributed by atoms with Crippen LogP contribution in [0.5, 0.6) is 0 Å². The maximum atomic E-state index is 6.00.